The summed E-state index contributed by atoms with van der Waals surface area (Å²) in [5, 5.41) is 5.81. The molecule has 6 rings (SSSR count). The van der Waals surface area contributed by atoms with E-state index >= 15 is 0 Å². The number of hydrogen-bond acceptors (Lipinski definition) is 2. The van der Waals surface area contributed by atoms with Crippen molar-refractivity contribution in [3.63, 3.8) is 0 Å². The monoisotopic (exact) mass is 426 g/mol. The van der Waals surface area contributed by atoms with Crippen LogP contribution in [-0.4, -0.2) is 4.57 Å². The van der Waals surface area contributed by atoms with Gasteiger partial charge in [-0.3, -0.25) is 0 Å². The van der Waals surface area contributed by atoms with E-state index < -0.39 is 0 Å². The lowest BCUT2D eigenvalue weighted by Crippen LogP contribution is -1.96. The third kappa shape index (κ3) is 3.60. The molecule has 0 bridgehead atoms. The van der Waals surface area contributed by atoms with Gasteiger partial charge in [0.2, 0.25) is 0 Å². The van der Waals surface area contributed by atoms with Crippen molar-refractivity contribution in [2.24, 2.45) is 0 Å². The van der Waals surface area contributed by atoms with Crippen LogP contribution >= 0.6 is 0 Å². The van der Waals surface area contributed by atoms with Gasteiger partial charge in [-0.15, -0.1) is 0 Å². The highest BCUT2D eigenvalue weighted by atomic mass is 16.5. The first kappa shape index (κ1) is 19.2. The van der Waals surface area contributed by atoms with Crippen LogP contribution in [0.15, 0.2) is 127 Å². The average Bonchev–Trinajstić information content (AvgIpc) is 3.20. The third-order valence-corrected chi connectivity index (χ3v) is 5.78. The molecule has 6 aromatic rings. The second-order valence-corrected chi connectivity index (χ2v) is 7.96. The van der Waals surface area contributed by atoms with Crippen molar-refractivity contribution in [2.45, 2.75) is 0 Å². The van der Waals surface area contributed by atoms with E-state index in [9.17, 15) is 0 Å². The molecule has 0 spiro atoms. The molecule has 1 aromatic heterocycles. The molecule has 0 aliphatic rings. The van der Waals surface area contributed by atoms with Gasteiger partial charge >= 0.3 is 0 Å². The maximum absolute atomic E-state index is 6.47. The predicted octanol–water partition coefficient (Wildman–Crippen LogP) is 8.32. The van der Waals surface area contributed by atoms with Crippen molar-refractivity contribution < 1.29 is 4.74 Å². The van der Waals surface area contributed by atoms with Crippen LogP contribution in [0.4, 0.5) is 11.4 Å². The van der Waals surface area contributed by atoms with Crippen molar-refractivity contribution in [1.82, 2.24) is 4.57 Å². The van der Waals surface area contributed by atoms with Gasteiger partial charge in [-0.25, -0.2) is 0 Å². The molecule has 0 amide bonds. The van der Waals surface area contributed by atoms with Gasteiger partial charge in [0.25, 0.3) is 0 Å². The highest BCUT2D eigenvalue weighted by molar-refractivity contribution is 6.13. The molecule has 3 heteroatoms. The lowest BCUT2D eigenvalue weighted by Gasteiger charge is -2.13. The number of hydrogen-bond donors (Lipinski definition) is 1. The Morgan fingerprint density at radius 1 is 0.545 bits per heavy atom. The van der Waals surface area contributed by atoms with Crippen molar-refractivity contribution in [1.29, 1.82) is 0 Å². The molecule has 0 aliphatic carbocycles. The maximum Gasteiger partial charge on any atom is 0.139 e. The molecule has 0 saturated carbocycles. The van der Waals surface area contributed by atoms with Crippen LogP contribution in [0.3, 0.4) is 0 Å². The Morgan fingerprint density at radius 2 is 1.18 bits per heavy atom. The van der Waals surface area contributed by atoms with Crippen LogP contribution in [-0.2, 0) is 0 Å². The Balaban J connectivity index is 1.64. The van der Waals surface area contributed by atoms with E-state index in [4.69, 9.17) is 4.74 Å². The fourth-order valence-corrected chi connectivity index (χ4v) is 4.37. The molecule has 33 heavy (non-hydrogen) atoms. The largest absolute Gasteiger partial charge is 0.457 e. The zero-order chi connectivity index (χ0) is 22.0. The van der Waals surface area contributed by atoms with E-state index in [0.29, 0.717) is 0 Å². The van der Waals surface area contributed by atoms with E-state index in [1.165, 1.54) is 0 Å². The van der Waals surface area contributed by atoms with Crippen molar-refractivity contribution in [3.8, 4) is 17.2 Å². The fraction of sp³-hybridized carbons (Fsp3) is 0. The number of nitrogens with zero attached hydrogens (tertiary/aromatic N) is 1. The molecule has 158 valence electrons. The minimum absolute atomic E-state index is 0.812. The molecule has 1 heterocycles. The Hall–Kier alpha value is -4.50. The summed E-state index contributed by atoms with van der Waals surface area (Å²) in [6.45, 7) is 0. The first-order valence-corrected chi connectivity index (χ1v) is 11.0. The topological polar surface area (TPSA) is 26.2 Å². The Morgan fingerprint density at radius 3 is 1.94 bits per heavy atom. The molecule has 1 N–H and O–H groups in total. The Bertz CT molecular complexity index is 1540. The fourth-order valence-electron chi connectivity index (χ4n) is 4.37. The summed E-state index contributed by atoms with van der Waals surface area (Å²) >= 11 is 0. The first-order valence-electron chi connectivity index (χ1n) is 11.0. The minimum atomic E-state index is 0.812. The summed E-state index contributed by atoms with van der Waals surface area (Å²) in [5.41, 5.74) is 5.36. The number of nitrogens with one attached hydrogen (secondary N) is 1. The number of anilines is 2. The summed E-state index contributed by atoms with van der Waals surface area (Å²) < 4.78 is 8.78. The van der Waals surface area contributed by atoms with Crippen LogP contribution in [0, 0.1) is 0 Å². The number of rotatable bonds is 5. The molecule has 3 nitrogen and oxygen atoms in total. The molecule has 5 aromatic carbocycles. The van der Waals surface area contributed by atoms with Gasteiger partial charge in [0.1, 0.15) is 11.5 Å². The first-order chi connectivity index (χ1) is 16.4. The van der Waals surface area contributed by atoms with Gasteiger partial charge in [-0.05, 0) is 48.5 Å². The number of fused-ring (bicyclic) bond motifs is 3. The quantitative estimate of drug-likeness (QED) is 0.300. The van der Waals surface area contributed by atoms with Crippen LogP contribution in [0.5, 0.6) is 11.5 Å². The van der Waals surface area contributed by atoms with Gasteiger partial charge in [0.15, 0.2) is 0 Å². The Labute approximate surface area is 192 Å². The van der Waals surface area contributed by atoms with Crippen molar-refractivity contribution >= 4 is 33.2 Å². The smallest absolute Gasteiger partial charge is 0.139 e. The molecular formula is C30H22N2O. The SMILES string of the molecule is c1ccc(Nc2cc(Oc3ccccc3)c3c4ccccc4n(-c4ccccc4)c3c2)cc1. The zero-order valence-corrected chi connectivity index (χ0v) is 18.0. The molecule has 0 aliphatic heterocycles. The van der Waals surface area contributed by atoms with Gasteiger partial charge in [-0.2, -0.15) is 0 Å². The van der Waals surface area contributed by atoms with Crippen molar-refractivity contribution in [3.05, 3.63) is 127 Å². The van der Waals surface area contributed by atoms with E-state index in [2.05, 4.69) is 82.7 Å². The van der Waals surface area contributed by atoms with Gasteiger partial charge in [0, 0.05) is 28.5 Å². The number of aromatic nitrogens is 1. The summed E-state index contributed by atoms with van der Waals surface area (Å²) in [5.74, 6) is 1.63. The molecule has 0 radical (unpaired) electrons. The minimum Gasteiger partial charge on any atom is -0.457 e. The van der Waals surface area contributed by atoms with Gasteiger partial charge in [0.05, 0.1) is 16.4 Å². The van der Waals surface area contributed by atoms with Crippen LogP contribution in [0.1, 0.15) is 0 Å². The van der Waals surface area contributed by atoms with Gasteiger partial charge in [-0.1, -0.05) is 72.8 Å². The summed E-state index contributed by atoms with van der Waals surface area (Å²) in [6, 6.07) is 43.4. The van der Waals surface area contributed by atoms with E-state index in [1.807, 2.05) is 54.6 Å². The lowest BCUT2D eigenvalue weighted by atomic mass is 10.1. The van der Waals surface area contributed by atoms with Crippen LogP contribution in [0.2, 0.25) is 0 Å². The van der Waals surface area contributed by atoms with Crippen LogP contribution in [0.25, 0.3) is 27.5 Å². The summed E-state index contributed by atoms with van der Waals surface area (Å²) in [7, 11) is 0. The molecule has 0 saturated heterocycles. The number of para-hydroxylation sites is 4. The standard InChI is InChI=1S/C30H22N2O/c1-4-12-22(13-5-1)31-23-20-28-30(29(21-23)33-25-16-8-3-9-17-25)26-18-10-11-19-27(26)32(28)24-14-6-2-7-15-24/h1-21,31H. The second-order valence-electron chi connectivity index (χ2n) is 7.96. The van der Waals surface area contributed by atoms with Gasteiger partial charge < -0.3 is 14.6 Å². The maximum atomic E-state index is 6.47. The number of ether oxygens (including phenoxy) is 1. The highest BCUT2D eigenvalue weighted by Gasteiger charge is 2.18. The highest BCUT2D eigenvalue weighted by Crippen LogP contribution is 2.41. The van der Waals surface area contributed by atoms with Crippen molar-refractivity contribution in [2.75, 3.05) is 5.32 Å². The third-order valence-electron chi connectivity index (χ3n) is 5.78. The van der Waals surface area contributed by atoms with E-state index in [1.54, 1.807) is 0 Å². The second kappa shape index (κ2) is 8.21. The lowest BCUT2D eigenvalue weighted by molar-refractivity contribution is 0.489. The van der Waals surface area contributed by atoms with E-state index in [0.717, 1.165) is 50.4 Å². The number of benzene rings is 5. The summed E-state index contributed by atoms with van der Waals surface area (Å²) in [4.78, 5) is 0. The Kier molecular flexibility index (Phi) is 4.78. The average molecular weight is 427 g/mol. The zero-order valence-electron chi connectivity index (χ0n) is 18.0. The van der Waals surface area contributed by atoms with Crippen LogP contribution < -0.4 is 10.1 Å². The summed E-state index contributed by atoms with van der Waals surface area (Å²) in [6.07, 6.45) is 0. The predicted molar refractivity (Wildman–Crippen MR) is 137 cm³/mol. The molecule has 0 unspecified atom stereocenters. The van der Waals surface area contributed by atoms with E-state index in [-0.39, 0.29) is 0 Å². The molecular weight excluding hydrogens is 404 g/mol. The normalized spacial score (nSPS) is 11.0. The molecule has 0 fully saturated rings. The molecule has 0 atom stereocenters.